The van der Waals surface area contributed by atoms with E-state index in [1.807, 2.05) is 35.7 Å². The molecule has 0 bridgehead atoms. The summed E-state index contributed by atoms with van der Waals surface area (Å²) in [5.74, 6) is 0. The minimum atomic E-state index is -4.51. The summed E-state index contributed by atoms with van der Waals surface area (Å²) >= 11 is 7.17. The van der Waals surface area contributed by atoms with Crippen LogP contribution in [-0.2, 0) is 6.18 Å². The molecule has 0 atom stereocenters. The number of hydrogen-bond acceptors (Lipinski definition) is 4. The summed E-state index contributed by atoms with van der Waals surface area (Å²) in [7, 11) is 0. The lowest BCUT2D eigenvalue weighted by atomic mass is 10.1. The van der Waals surface area contributed by atoms with Gasteiger partial charge >= 0.3 is 6.18 Å². The minimum absolute atomic E-state index is 0.0236. The molecule has 0 unspecified atom stereocenters. The maximum absolute atomic E-state index is 13.0. The predicted molar refractivity (Wildman–Crippen MR) is 95.2 cm³/mol. The molecule has 3 nitrogen and oxygen atoms in total. The molecular formula is C17H11ClF3N3S. The van der Waals surface area contributed by atoms with Crippen molar-refractivity contribution in [1.82, 2.24) is 4.98 Å². The van der Waals surface area contributed by atoms with Crippen molar-refractivity contribution >= 4 is 34.3 Å². The van der Waals surface area contributed by atoms with Gasteiger partial charge in [0.2, 0.25) is 5.13 Å². The Bertz CT molecular complexity index is 892. The van der Waals surface area contributed by atoms with E-state index >= 15 is 0 Å². The van der Waals surface area contributed by atoms with E-state index in [9.17, 15) is 13.2 Å². The number of nitrogens with one attached hydrogen (secondary N) is 1. The van der Waals surface area contributed by atoms with Crippen LogP contribution in [0.25, 0.3) is 11.3 Å². The van der Waals surface area contributed by atoms with Gasteiger partial charge in [0, 0.05) is 16.5 Å². The van der Waals surface area contributed by atoms with Crippen LogP contribution >= 0.6 is 22.9 Å². The molecule has 0 spiro atoms. The van der Waals surface area contributed by atoms with E-state index in [0.717, 1.165) is 23.5 Å². The van der Waals surface area contributed by atoms with Crippen molar-refractivity contribution in [2.45, 2.75) is 6.18 Å². The second kappa shape index (κ2) is 7.25. The van der Waals surface area contributed by atoms with E-state index < -0.39 is 11.7 Å². The molecule has 3 rings (SSSR count). The lowest BCUT2D eigenvalue weighted by Crippen LogP contribution is -2.09. The summed E-state index contributed by atoms with van der Waals surface area (Å²) in [6.45, 7) is 0. The van der Waals surface area contributed by atoms with E-state index in [2.05, 4.69) is 15.5 Å². The molecule has 0 radical (unpaired) electrons. The van der Waals surface area contributed by atoms with Gasteiger partial charge in [0.1, 0.15) is 0 Å². The van der Waals surface area contributed by atoms with Crippen molar-refractivity contribution in [3.05, 3.63) is 70.1 Å². The zero-order valence-corrected chi connectivity index (χ0v) is 14.2. The number of thiazole rings is 1. The van der Waals surface area contributed by atoms with E-state index in [-0.39, 0.29) is 10.6 Å². The highest BCUT2D eigenvalue weighted by atomic mass is 35.5. The lowest BCUT2D eigenvalue weighted by molar-refractivity contribution is -0.137. The standard InChI is InChI=1S/C17H11ClF3N3S/c18-14-8-4-7-13(17(19,20)21)12(14)9-22-24-16-23-15(10-25-16)11-5-2-1-3-6-11/h1-10H,(H,23,24). The first kappa shape index (κ1) is 17.4. The third kappa shape index (κ3) is 4.18. The van der Waals surface area contributed by atoms with Crippen LogP contribution in [0.15, 0.2) is 59.0 Å². The Kier molecular flexibility index (Phi) is 5.06. The van der Waals surface area contributed by atoms with Gasteiger partial charge in [-0.3, -0.25) is 5.43 Å². The number of nitrogens with zero attached hydrogens (tertiary/aromatic N) is 2. The summed E-state index contributed by atoms with van der Waals surface area (Å²) < 4.78 is 39.1. The zero-order chi connectivity index (χ0) is 17.9. The van der Waals surface area contributed by atoms with Gasteiger partial charge in [-0.1, -0.05) is 48.0 Å². The van der Waals surface area contributed by atoms with Crippen LogP contribution in [0.4, 0.5) is 18.3 Å². The van der Waals surface area contributed by atoms with Gasteiger partial charge in [-0.15, -0.1) is 11.3 Å². The molecule has 0 saturated carbocycles. The van der Waals surface area contributed by atoms with Gasteiger partial charge in [-0.05, 0) is 12.1 Å². The van der Waals surface area contributed by atoms with Crippen molar-refractivity contribution in [2.24, 2.45) is 5.10 Å². The Morgan fingerprint density at radius 3 is 2.56 bits per heavy atom. The molecule has 0 saturated heterocycles. The number of alkyl halides is 3. The van der Waals surface area contributed by atoms with Crippen LogP contribution in [0.2, 0.25) is 5.02 Å². The fourth-order valence-electron chi connectivity index (χ4n) is 2.13. The Labute approximate surface area is 150 Å². The summed E-state index contributed by atoms with van der Waals surface area (Å²) in [5.41, 5.74) is 3.32. The number of halogens is 4. The molecule has 0 aliphatic rings. The van der Waals surface area contributed by atoms with Crippen LogP contribution in [0.5, 0.6) is 0 Å². The molecule has 1 aromatic heterocycles. The summed E-state index contributed by atoms with van der Waals surface area (Å²) in [6.07, 6.45) is -3.46. The molecule has 3 aromatic rings. The van der Waals surface area contributed by atoms with Crippen LogP contribution < -0.4 is 5.43 Å². The summed E-state index contributed by atoms with van der Waals surface area (Å²) in [5, 5.41) is 6.12. The highest BCUT2D eigenvalue weighted by molar-refractivity contribution is 7.14. The first-order valence-electron chi connectivity index (χ1n) is 7.11. The van der Waals surface area contributed by atoms with Crippen molar-refractivity contribution in [2.75, 3.05) is 5.43 Å². The molecule has 128 valence electrons. The van der Waals surface area contributed by atoms with Crippen LogP contribution in [0.1, 0.15) is 11.1 Å². The van der Waals surface area contributed by atoms with Gasteiger partial charge < -0.3 is 0 Å². The molecule has 0 amide bonds. The number of anilines is 1. The molecular weight excluding hydrogens is 371 g/mol. The van der Waals surface area contributed by atoms with Gasteiger partial charge in [-0.2, -0.15) is 18.3 Å². The van der Waals surface area contributed by atoms with Crippen molar-refractivity contribution in [1.29, 1.82) is 0 Å². The average Bonchev–Trinajstić information content (AvgIpc) is 3.05. The first-order chi connectivity index (χ1) is 11.9. The second-order valence-electron chi connectivity index (χ2n) is 4.97. The number of rotatable bonds is 4. The molecule has 2 aromatic carbocycles. The maximum Gasteiger partial charge on any atom is 0.417 e. The summed E-state index contributed by atoms with van der Waals surface area (Å²) in [4.78, 5) is 4.34. The molecule has 1 heterocycles. The number of hydrazone groups is 1. The second-order valence-corrected chi connectivity index (χ2v) is 6.24. The summed E-state index contributed by atoms with van der Waals surface area (Å²) in [6, 6.07) is 13.1. The topological polar surface area (TPSA) is 37.3 Å². The van der Waals surface area contributed by atoms with E-state index in [0.29, 0.717) is 5.13 Å². The molecule has 25 heavy (non-hydrogen) atoms. The van der Waals surface area contributed by atoms with E-state index in [1.54, 1.807) is 0 Å². The number of hydrogen-bond donors (Lipinski definition) is 1. The first-order valence-corrected chi connectivity index (χ1v) is 8.36. The normalized spacial score (nSPS) is 11.8. The fraction of sp³-hybridized carbons (Fsp3) is 0.0588. The lowest BCUT2D eigenvalue weighted by Gasteiger charge is -2.10. The van der Waals surface area contributed by atoms with E-state index in [4.69, 9.17) is 11.6 Å². The molecule has 8 heteroatoms. The van der Waals surface area contributed by atoms with Gasteiger partial charge in [-0.25, -0.2) is 4.98 Å². The molecule has 0 aliphatic heterocycles. The Morgan fingerprint density at radius 1 is 1.08 bits per heavy atom. The minimum Gasteiger partial charge on any atom is -0.253 e. The van der Waals surface area contributed by atoms with Gasteiger partial charge in [0.25, 0.3) is 0 Å². The van der Waals surface area contributed by atoms with Crippen LogP contribution in [-0.4, -0.2) is 11.2 Å². The number of benzene rings is 2. The van der Waals surface area contributed by atoms with Crippen molar-refractivity contribution < 1.29 is 13.2 Å². The fourth-order valence-corrected chi connectivity index (χ4v) is 3.03. The Morgan fingerprint density at radius 2 is 1.84 bits per heavy atom. The quantitative estimate of drug-likeness (QED) is 0.449. The van der Waals surface area contributed by atoms with Gasteiger partial charge in [0.05, 0.1) is 22.5 Å². The molecule has 0 aliphatic carbocycles. The smallest absolute Gasteiger partial charge is 0.253 e. The largest absolute Gasteiger partial charge is 0.417 e. The predicted octanol–water partition coefficient (Wildman–Crippen LogP) is 5.93. The van der Waals surface area contributed by atoms with Crippen LogP contribution in [0, 0.1) is 0 Å². The highest BCUT2D eigenvalue weighted by Gasteiger charge is 2.33. The molecule has 1 N–H and O–H groups in total. The number of aromatic nitrogens is 1. The van der Waals surface area contributed by atoms with E-state index in [1.165, 1.54) is 23.5 Å². The monoisotopic (exact) mass is 381 g/mol. The van der Waals surface area contributed by atoms with Gasteiger partial charge in [0.15, 0.2) is 0 Å². The highest BCUT2D eigenvalue weighted by Crippen LogP contribution is 2.34. The molecule has 0 fully saturated rings. The third-order valence-corrected chi connectivity index (χ3v) is 4.36. The van der Waals surface area contributed by atoms with Crippen LogP contribution in [0.3, 0.4) is 0 Å². The van der Waals surface area contributed by atoms with Crippen molar-refractivity contribution in [3.8, 4) is 11.3 Å². The zero-order valence-electron chi connectivity index (χ0n) is 12.6. The Balaban J connectivity index is 1.78. The van der Waals surface area contributed by atoms with Crippen molar-refractivity contribution in [3.63, 3.8) is 0 Å². The maximum atomic E-state index is 13.0. The SMILES string of the molecule is FC(F)(F)c1cccc(Cl)c1C=NNc1nc(-c2ccccc2)cs1. The average molecular weight is 382 g/mol. The third-order valence-electron chi connectivity index (χ3n) is 3.29. The Hall–Kier alpha value is -2.38.